The molecule has 2 rings (SSSR count). The van der Waals surface area contributed by atoms with Gasteiger partial charge in [0.1, 0.15) is 12.6 Å². The van der Waals surface area contributed by atoms with Gasteiger partial charge < -0.3 is 20.3 Å². The number of hydrogen-bond acceptors (Lipinski definition) is 5. The van der Waals surface area contributed by atoms with Crippen LogP contribution in [0.5, 0.6) is 11.5 Å². The fourth-order valence-electron chi connectivity index (χ4n) is 2.68. The lowest BCUT2D eigenvalue weighted by molar-refractivity contribution is -0.119. The van der Waals surface area contributed by atoms with Crippen molar-refractivity contribution in [2.75, 3.05) is 39.9 Å². The number of nitrogens with zero attached hydrogens (tertiary/aromatic N) is 1. The Morgan fingerprint density at radius 3 is 2.52 bits per heavy atom. The first-order valence-corrected chi connectivity index (χ1v) is 7.70. The first kappa shape index (κ1) is 20.4. The molecular formula is C14H20BrClF2N2O3. The van der Waals surface area contributed by atoms with E-state index in [-0.39, 0.29) is 29.5 Å². The van der Waals surface area contributed by atoms with Crippen LogP contribution in [0.4, 0.5) is 8.78 Å². The SMILES string of the molecule is COc1cc(Br)cc([C@H](N2CCNCC2)C(F)(F)CO)c1O.Cl. The third kappa shape index (κ3) is 4.45. The molecule has 23 heavy (non-hydrogen) atoms. The lowest BCUT2D eigenvalue weighted by Gasteiger charge is -2.39. The number of halogens is 4. The number of piperazine rings is 1. The number of phenolic OH excluding ortho intramolecular Hbond substituents is 1. The number of rotatable bonds is 5. The van der Waals surface area contributed by atoms with E-state index in [9.17, 15) is 13.9 Å². The van der Waals surface area contributed by atoms with Crippen molar-refractivity contribution in [3.05, 3.63) is 22.2 Å². The molecule has 5 nitrogen and oxygen atoms in total. The molecule has 1 aliphatic heterocycles. The van der Waals surface area contributed by atoms with Crippen LogP contribution in [-0.4, -0.2) is 60.9 Å². The highest BCUT2D eigenvalue weighted by Gasteiger charge is 2.45. The topological polar surface area (TPSA) is 65.0 Å². The van der Waals surface area contributed by atoms with Gasteiger partial charge >= 0.3 is 0 Å². The molecule has 0 spiro atoms. The largest absolute Gasteiger partial charge is 0.504 e. The molecule has 1 aliphatic rings. The maximum absolute atomic E-state index is 14.4. The molecule has 1 saturated heterocycles. The highest BCUT2D eigenvalue weighted by Crippen LogP contribution is 2.45. The summed E-state index contributed by atoms with van der Waals surface area (Å²) < 4.78 is 34.3. The summed E-state index contributed by atoms with van der Waals surface area (Å²) in [5.41, 5.74) is 0.0344. The van der Waals surface area contributed by atoms with Crippen molar-refractivity contribution >= 4 is 28.3 Å². The predicted molar refractivity (Wildman–Crippen MR) is 88.8 cm³/mol. The van der Waals surface area contributed by atoms with Gasteiger partial charge in [-0.3, -0.25) is 4.90 Å². The van der Waals surface area contributed by atoms with Crippen molar-refractivity contribution in [3.63, 3.8) is 0 Å². The van der Waals surface area contributed by atoms with Gasteiger partial charge in [-0.1, -0.05) is 15.9 Å². The predicted octanol–water partition coefficient (Wildman–Crippen LogP) is 2.16. The summed E-state index contributed by atoms with van der Waals surface area (Å²) in [5.74, 6) is -3.61. The minimum atomic E-state index is -3.39. The average Bonchev–Trinajstić information content (AvgIpc) is 2.51. The number of alkyl halides is 2. The van der Waals surface area contributed by atoms with E-state index in [0.29, 0.717) is 30.7 Å². The summed E-state index contributed by atoms with van der Waals surface area (Å²) in [6, 6.07) is 1.52. The Bertz CT molecular complexity index is 531. The molecule has 0 aromatic heterocycles. The van der Waals surface area contributed by atoms with E-state index in [1.165, 1.54) is 19.2 Å². The van der Waals surface area contributed by atoms with E-state index in [1.54, 1.807) is 4.90 Å². The van der Waals surface area contributed by atoms with Crippen LogP contribution < -0.4 is 10.1 Å². The van der Waals surface area contributed by atoms with Crippen molar-refractivity contribution in [2.45, 2.75) is 12.0 Å². The number of aliphatic hydroxyl groups excluding tert-OH is 1. The molecule has 3 N–H and O–H groups in total. The van der Waals surface area contributed by atoms with E-state index in [2.05, 4.69) is 21.2 Å². The number of nitrogens with one attached hydrogen (secondary N) is 1. The molecule has 1 aromatic rings. The van der Waals surface area contributed by atoms with Crippen molar-refractivity contribution < 1.29 is 23.7 Å². The third-order valence-corrected chi connectivity index (χ3v) is 4.17. The van der Waals surface area contributed by atoms with Crippen LogP contribution in [-0.2, 0) is 0 Å². The number of ether oxygens (including phenoxy) is 1. The maximum Gasteiger partial charge on any atom is 0.290 e. The van der Waals surface area contributed by atoms with Crippen LogP contribution in [0.1, 0.15) is 11.6 Å². The maximum atomic E-state index is 14.4. The molecule has 0 aliphatic carbocycles. The fourth-order valence-corrected chi connectivity index (χ4v) is 3.13. The number of methoxy groups -OCH3 is 1. The number of benzene rings is 1. The van der Waals surface area contributed by atoms with E-state index < -0.39 is 18.6 Å². The molecule has 1 heterocycles. The molecule has 0 radical (unpaired) electrons. The van der Waals surface area contributed by atoms with Crippen LogP contribution in [0.25, 0.3) is 0 Å². The van der Waals surface area contributed by atoms with Gasteiger partial charge in [-0.25, -0.2) is 8.78 Å². The van der Waals surface area contributed by atoms with Crippen LogP contribution in [0, 0.1) is 0 Å². The first-order chi connectivity index (χ1) is 10.4. The second kappa shape index (κ2) is 8.43. The highest BCUT2D eigenvalue weighted by molar-refractivity contribution is 9.10. The van der Waals surface area contributed by atoms with Crippen LogP contribution in [0.15, 0.2) is 16.6 Å². The molecule has 132 valence electrons. The monoisotopic (exact) mass is 416 g/mol. The second-order valence-corrected chi connectivity index (χ2v) is 6.07. The quantitative estimate of drug-likeness (QED) is 0.685. The Hall–Kier alpha value is -0.670. The zero-order valence-electron chi connectivity index (χ0n) is 12.6. The van der Waals surface area contributed by atoms with Crippen molar-refractivity contribution in [1.29, 1.82) is 0 Å². The summed E-state index contributed by atoms with van der Waals surface area (Å²) in [6.45, 7) is 0.646. The summed E-state index contributed by atoms with van der Waals surface area (Å²) >= 11 is 3.24. The number of phenols is 1. The Labute approximate surface area is 148 Å². The van der Waals surface area contributed by atoms with E-state index >= 15 is 0 Å². The van der Waals surface area contributed by atoms with E-state index in [1.807, 2.05) is 0 Å². The zero-order chi connectivity index (χ0) is 16.3. The first-order valence-electron chi connectivity index (χ1n) is 6.90. The van der Waals surface area contributed by atoms with Gasteiger partial charge in [-0.05, 0) is 12.1 Å². The minimum absolute atomic E-state index is 0. The Morgan fingerprint density at radius 2 is 2.00 bits per heavy atom. The van der Waals surface area contributed by atoms with Gasteiger partial charge in [-0.2, -0.15) is 0 Å². The van der Waals surface area contributed by atoms with Crippen LogP contribution >= 0.6 is 28.3 Å². The summed E-state index contributed by atoms with van der Waals surface area (Å²) in [6.07, 6.45) is 0. The van der Waals surface area contributed by atoms with Gasteiger partial charge in [0, 0.05) is 36.2 Å². The van der Waals surface area contributed by atoms with Gasteiger partial charge in [0.25, 0.3) is 5.92 Å². The van der Waals surface area contributed by atoms with Gasteiger partial charge in [0.05, 0.1) is 7.11 Å². The van der Waals surface area contributed by atoms with E-state index in [4.69, 9.17) is 9.84 Å². The minimum Gasteiger partial charge on any atom is -0.504 e. The molecule has 1 fully saturated rings. The Balaban J connectivity index is 0.00000264. The average molecular weight is 418 g/mol. The van der Waals surface area contributed by atoms with Gasteiger partial charge in [0.15, 0.2) is 11.5 Å². The molecular weight excluding hydrogens is 398 g/mol. The summed E-state index contributed by atoms with van der Waals surface area (Å²) in [4.78, 5) is 1.56. The smallest absolute Gasteiger partial charge is 0.290 e. The van der Waals surface area contributed by atoms with E-state index in [0.717, 1.165) is 0 Å². The normalized spacial score (nSPS) is 17.4. The molecule has 1 aromatic carbocycles. The summed E-state index contributed by atoms with van der Waals surface area (Å²) in [7, 11) is 1.36. The zero-order valence-corrected chi connectivity index (χ0v) is 15.0. The molecule has 1 atom stereocenters. The molecule has 0 bridgehead atoms. The Morgan fingerprint density at radius 1 is 1.39 bits per heavy atom. The van der Waals surface area contributed by atoms with Crippen molar-refractivity contribution in [2.24, 2.45) is 0 Å². The summed E-state index contributed by atoms with van der Waals surface area (Å²) in [5, 5.41) is 22.5. The van der Waals surface area contributed by atoms with Crippen LogP contribution in [0.2, 0.25) is 0 Å². The van der Waals surface area contributed by atoms with Crippen molar-refractivity contribution in [1.82, 2.24) is 10.2 Å². The van der Waals surface area contributed by atoms with Crippen LogP contribution in [0.3, 0.4) is 0 Å². The number of aliphatic hydroxyl groups is 1. The fraction of sp³-hybridized carbons (Fsp3) is 0.571. The molecule has 0 unspecified atom stereocenters. The third-order valence-electron chi connectivity index (χ3n) is 3.71. The van der Waals surface area contributed by atoms with Crippen molar-refractivity contribution in [3.8, 4) is 11.5 Å². The molecule has 0 amide bonds. The molecule has 9 heteroatoms. The van der Waals surface area contributed by atoms with Gasteiger partial charge in [-0.15, -0.1) is 12.4 Å². The lowest BCUT2D eigenvalue weighted by Crippen LogP contribution is -2.51. The second-order valence-electron chi connectivity index (χ2n) is 5.15. The highest BCUT2D eigenvalue weighted by atomic mass is 79.9. The number of aromatic hydroxyl groups is 1. The Kier molecular flexibility index (Phi) is 7.47. The number of hydrogen-bond donors (Lipinski definition) is 3. The molecule has 0 saturated carbocycles. The standard InChI is InChI=1S/C14H19BrF2N2O3.ClH/c1-22-11-7-9(15)6-10(12(11)21)13(14(16,17)8-20)19-4-2-18-3-5-19;/h6-7,13,18,20-21H,2-5,8H2,1H3;1H/t13-;/m0./s1. The lowest BCUT2D eigenvalue weighted by atomic mass is 9.97. The van der Waals surface area contributed by atoms with Gasteiger partial charge in [0.2, 0.25) is 0 Å².